The normalized spacial score (nSPS) is 16.0. The van der Waals surface area contributed by atoms with Crippen molar-refractivity contribution in [2.75, 3.05) is 13.2 Å². The summed E-state index contributed by atoms with van der Waals surface area (Å²) in [5, 5.41) is 0. The summed E-state index contributed by atoms with van der Waals surface area (Å²) < 4.78 is 12.4. The maximum Gasteiger partial charge on any atom is 0.0678 e. The van der Waals surface area contributed by atoms with Gasteiger partial charge in [0.1, 0.15) is 0 Å². The number of rotatable bonds is 10. The Balaban J connectivity index is 4.60. The number of hydrogen-bond acceptors (Lipinski definition) is 3. The first-order valence-electron chi connectivity index (χ1n) is 9.10. The van der Waals surface area contributed by atoms with Gasteiger partial charge in [0.05, 0.1) is 17.8 Å². The van der Waals surface area contributed by atoms with Crippen LogP contribution in [0.5, 0.6) is 0 Å². The van der Waals surface area contributed by atoms with Crippen LogP contribution >= 0.6 is 0 Å². The van der Waals surface area contributed by atoms with Gasteiger partial charge in [0.25, 0.3) is 0 Å². The molecule has 0 fully saturated rings. The van der Waals surface area contributed by atoms with Crippen molar-refractivity contribution < 1.29 is 9.47 Å². The van der Waals surface area contributed by atoms with Gasteiger partial charge in [0.15, 0.2) is 0 Å². The molecule has 0 aliphatic rings. The maximum absolute atomic E-state index is 6.28. The minimum absolute atomic E-state index is 0.0263. The Hall–Kier alpha value is -0.120. The topological polar surface area (TPSA) is 44.5 Å². The Bertz CT molecular complexity index is 351. The van der Waals surface area contributed by atoms with Crippen LogP contribution in [0.1, 0.15) is 82.6 Å². The van der Waals surface area contributed by atoms with Gasteiger partial charge >= 0.3 is 0 Å². The molecule has 3 nitrogen and oxygen atoms in total. The molecule has 23 heavy (non-hydrogen) atoms. The smallest absolute Gasteiger partial charge is 0.0678 e. The number of nitrogens with two attached hydrogens (primary N) is 1. The van der Waals surface area contributed by atoms with Crippen molar-refractivity contribution in [1.29, 1.82) is 0 Å². The molecule has 0 saturated carbocycles. The van der Waals surface area contributed by atoms with Crippen LogP contribution in [0.4, 0.5) is 0 Å². The predicted molar refractivity (Wildman–Crippen MR) is 101 cm³/mol. The molecule has 0 aliphatic heterocycles. The summed E-state index contributed by atoms with van der Waals surface area (Å²) in [5.74, 6) is 0.816. The number of ether oxygens (including phenoxy) is 2. The Morgan fingerprint density at radius 3 is 1.70 bits per heavy atom. The molecule has 0 spiro atoms. The molecule has 0 heterocycles. The molecule has 140 valence electrons. The lowest BCUT2D eigenvalue weighted by molar-refractivity contribution is -0.130. The van der Waals surface area contributed by atoms with Crippen molar-refractivity contribution in [2.45, 2.75) is 99.3 Å². The van der Waals surface area contributed by atoms with Crippen molar-refractivity contribution >= 4 is 0 Å². The summed E-state index contributed by atoms with van der Waals surface area (Å²) in [5.41, 5.74) is 5.67. The highest BCUT2D eigenvalue weighted by Crippen LogP contribution is 2.38. The van der Waals surface area contributed by atoms with E-state index in [1.54, 1.807) is 0 Å². The Labute approximate surface area is 145 Å². The van der Waals surface area contributed by atoms with Crippen LogP contribution in [0.15, 0.2) is 0 Å². The zero-order valence-electron chi connectivity index (χ0n) is 17.7. The van der Waals surface area contributed by atoms with Crippen molar-refractivity contribution in [3.63, 3.8) is 0 Å². The van der Waals surface area contributed by atoms with Crippen LogP contribution in [0, 0.1) is 17.3 Å². The van der Waals surface area contributed by atoms with E-state index in [1.165, 1.54) is 0 Å². The summed E-state index contributed by atoms with van der Waals surface area (Å²) in [6.45, 7) is 25.3. The minimum atomic E-state index is -0.224. The molecule has 0 aromatic carbocycles. The van der Waals surface area contributed by atoms with Crippen LogP contribution in [-0.4, -0.2) is 30.0 Å². The van der Waals surface area contributed by atoms with Gasteiger partial charge in [-0.05, 0) is 65.2 Å². The molecule has 0 radical (unpaired) electrons. The van der Waals surface area contributed by atoms with Crippen molar-refractivity contribution in [1.82, 2.24) is 0 Å². The first kappa shape index (κ1) is 22.9. The van der Waals surface area contributed by atoms with E-state index < -0.39 is 0 Å². The highest BCUT2D eigenvalue weighted by molar-refractivity contribution is 4.89. The summed E-state index contributed by atoms with van der Waals surface area (Å²) in [6.07, 6.45) is 0.969. The molecule has 3 heteroatoms. The number of hydrogen-bond donors (Lipinski definition) is 1. The van der Waals surface area contributed by atoms with Crippen LogP contribution in [0.2, 0.25) is 0 Å². The molecular formula is C20H43NO2. The molecule has 0 saturated heterocycles. The fourth-order valence-electron chi connectivity index (χ4n) is 1.78. The van der Waals surface area contributed by atoms with Gasteiger partial charge in [-0.2, -0.15) is 0 Å². The fourth-order valence-corrected chi connectivity index (χ4v) is 1.78. The fraction of sp³-hybridized carbons (Fsp3) is 1.00. The average molecular weight is 330 g/mol. The van der Waals surface area contributed by atoms with Gasteiger partial charge in [0, 0.05) is 12.1 Å². The van der Waals surface area contributed by atoms with Crippen LogP contribution in [0.3, 0.4) is 0 Å². The molecule has 0 rings (SSSR count). The maximum atomic E-state index is 6.28. The highest BCUT2D eigenvalue weighted by atomic mass is 16.5. The van der Waals surface area contributed by atoms with Crippen molar-refractivity contribution in [2.24, 2.45) is 23.0 Å². The molecule has 1 unspecified atom stereocenters. The van der Waals surface area contributed by atoms with E-state index in [4.69, 9.17) is 15.2 Å². The van der Waals surface area contributed by atoms with Gasteiger partial charge in [-0.3, -0.25) is 0 Å². The molecule has 0 aliphatic carbocycles. The molecular weight excluding hydrogens is 286 g/mol. The summed E-state index contributed by atoms with van der Waals surface area (Å²) in [7, 11) is 0. The van der Waals surface area contributed by atoms with Crippen LogP contribution in [-0.2, 0) is 9.47 Å². The third-order valence-corrected chi connectivity index (χ3v) is 6.19. The first-order valence-corrected chi connectivity index (χ1v) is 9.10. The van der Waals surface area contributed by atoms with Gasteiger partial charge in [-0.15, -0.1) is 0 Å². The second-order valence-corrected chi connectivity index (χ2v) is 9.78. The van der Waals surface area contributed by atoms with Crippen LogP contribution in [0.25, 0.3) is 0 Å². The van der Waals surface area contributed by atoms with Gasteiger partial charge in [0.2, 0.25) is 0 Å². The average Bonchev–Trinajstić information content (AvgIpc) is 2.33. The molecule has 0 aromatic rings. The predicted octanol–water partition coefficient (Wildman–Crippen LogP) is 5.02. The molecule has 0 aromatic heterocycles. The standard InChI is InChI=1S/C20H43NO2/c1-15(2)19(8,9)22-13-12-17(4,5)20(10,11)23-14-16(3)18(6,7)21/h15-16H,12-14,21H2,1-11H3. The van der Waals surface area contributed by atoms with Gasteiger partial charge < -0.3 is 15.2 Å². The Kier molecular flexibility index (Phi) is 7.80. The van der Waals surface area contributed by atoms with E-state index in [1.807, 2.05) is 0 Å². The zero-order valence-corrected chi connectivity index (χ0v) is 17.7. The van der Waals surface area contributed by atoms with E-state index in [0.29, 0.717) is 18.4 Å². The lowest BCUT2D eigenvalue weighted by Crippen LogP contribution is -2.47. The molecule has 0 bridgehead atoms. The largest absolute Gasteiger partial charge is 0.375 e. The van der Waals surface area contributed by atoms with E-state index in [-0.39, 0.29) is 22.2 Å². The highest BCUT2D eigenvalue weighted by Gasteiger charge is 2.39. The van der Waals surface area contributed by atoms with E-state index in [0.717, 1.165) is 13.0 Å². The van der Waals surface area contributed by atoms with Crippen LogP contribution < -0.4 is 5.73 Å². The van der Waals surface area contributed by atoms with Gasteiger partial charge in [-0.25, -0.2) is 0 Å². The quantitative estimate of drug-likeness (QED) is 0.612. The Morgan fingerprint density at radius 1 is 0.826 bits per heavy atom. The molecule has 2 N–H and O–H groups in total. The summed E-state index contributed by atoms with van der Waals surface area (Å²) in [6, 6.07) is 0. The second-order valence-electron chi connectivity index (χ2n) is 9.78. The summed E-state index contributed by atoms with van der Waals surface area (Å²) >= 11 is 0. The van der Waals surface area contributed by atoms with Gasteiger partial charge in [-0.1, -0.05) is 34.6 Å². The first-order chi connectivity index (χ1) is 10.0. The second kappa shape index (κ2) is 7.84. The van der Waals surface area contributed by atoms with E-state index >= 15 is 0 Å². The third-order valence-electron chi connectivity index (χ3n) is 6.19. The van der Waals surface area contributed by atoms with E-state index in [2.05, 4.69) is 76.2 Å². The third kappa shape index (κ3) is 7.11. The molecule has 0 amide bonds. The Morgan fingerprint density at radius 2 is 1.30 bits per heavy atom. The lowest BCUT2D eigenvalue weighted by Gasteiger charge is -2.43. The zero-order chi connectivity index (χ0) is 18.7. The van der Waals surface area contributed by atoms with Crippen molar-refractivity contribution in [3.8, 4) is 0 Å². The summed E-state index contributed by atoms with van der Waals surface area (Å²) in [4.78, 5) is 0. The van der Waals surface area contributed by atoms with E-state index in [9.17, 15) is 0 Å². The SMILES string of the molecule is CC(COC(C)(C)C(C)(C)CCOC(C)(C)C(C)C)C(C)(C)N. The molecule has 1 atom stereocenters. The monoisotopic (exact) mass is 329 g/mol. The van der Waals surface area contributed by atoms with Crippen molar-refractivity contribution in [3.05, 3.63) is 0 Å². The minimum Gasteiger partial charge on any atom is -0.375 e. The lowest BCUT2D eigenvalue weighted by atomic mass is 9.74.